The molecule has 1 aromatic carbocycles. The van der Waals surface area contributed by atoms with Gasteiger partial charge in [-0.25, -0.2) is 4.39 Å². The SMILES string of the molecule is CC(C)(C)N1C(=O)CCC(N)C1c1ccc(F)c(Cl)c1. The van der Waals surface area contributed by atoms with E-state index in [9.17, 15) is 9.18 Å². The summed E-state index contributed by atoms with van der Waals surface area (Å²) in [5.41, 5.74) is 6.66. The van der Waals surface area contributed by atoms with E-state index in [-0.39, 0.29) is 28.6 Å². The highest BCUT2D eigenvalue weighted by Gasteiger charge is 2.40. The Morgan fingerprint density at radius 3 is 2.60 bits per heavy atom. The van der Waals surface area contributed by atoms with Crippen LogP contribution in [0.15, 0.2) is 18.2 Å². The number of benzene rings is 1. The van der Waals surface area contributed by atoms with Gasteiger partial charge in [-0.3, -0.25) is 4.79 Å². The lowest BCUT2D eigenvalue weighted by Crippen LogP contribution is -2.56. The number of rotatable bonds is 1. The first-order valence-electron chi connectivity index (χ1n) is 6.74. The van der Waals surface area contributed by atoms with E-state index in [2.05, 4.69) is 0 Å². The van der Waals surface area contributed by atoms with E-state index in [1.54, 1.807) is 17.0 Å². The molecule has 1 aromatic rings. The van der Waals surface area contributed by atoms with Crippen molar-refractivity contribution in [1.82, 2.24) is 4.90 Å². The molecular weight excluding hydrogens is 279 g/mol. The predicted molar refractivity (Wildman–Crippen MR) is 78.0 cm³/mol. The summed E-state index contributed by atoms with van der Waals surface area (Å²) in [5, 5.41) is 0.0570. The van der Waals surface area contributed by atoms with Crippen LogP contribution in [0.3, 0.4) is 0 Å². The Bertz CT molecular complexity index is 527. The van der Waals surface area contributed by atoms with Gasteiger partial charge >= 0.3 is 0 Å². The highest BCUT2D eigenvalue weighted by molar-refractivity contribution is 6.30. The Kier molecular flexibility index (Phi) is 4.07. The van der Waals surface area contributed by atoms with Crippen LogP contribution in [0.4, 0.5) is 4.39 Å². The molecule has 1 aliphatic rings. The Morgan fingerprint density at radius 1 is 1.40 bits per heavy atom. The first-order chi connectivity index (χ1) is 9.21. The van der Waals surface area contributed by atoms with E-state index in [1.165, 1.54) is 6.07 Å². The van der Waals surface area contributed by atoms with Gasteiger partial charge in [-0.2, -0.15) is 0 Å². The van der Waals surface area contributed by atoms with Crippen molar-refractivity contribution in [3.8, 4) is 0 Å². The largest absolute Gasteiger partial charge is 0.329 e. The van der Waals surface area contributed by atoms with Crippen molar-refractivity contribution in [2.24, 2.45) is 5.73 Å². The minimum Gasteiger partial charge on any atom is -0.329 e. The maximum absolute atomic E-state index is 13.3. The van der Waals surface area contributed by atoms with Gasteiger partial charge in [0.15, 0.2) is 0 Å². The van der Waals surface area contributed by atoms with Gasteiger partial charge in [0, 0.05) is 18.0 Å². The number of carbonyl (C=O) groups excluding carboxylic acids is 1. The van der Waals surface area contributed by atoms with Crippen molar-refractivity contribution in [3.05, 3.63) is 34.6 Å². The second-order valence-electron chi connectivity index (χ2n) is 6.26. The normalized spacial score (nSPS) is 24.1. The van der Waals surface area contributed by atoms with Gasteiger partial charge in [0.2, 0.25) is 5.91 Å². The summed E-state index contributed by atoms with van der Waals surface area (Å²) in [7, 11) is 0. The second-order valence-corrected chi connectivity index (χ2v) is 6.66. The van der Waals surface area contributed by atoms with Crippen molar-refractivity contribution in [1.29, 1.82) is 0 Å². The fraction of sp³-hybridized carbons (Fsp3) is 0.533. The molecule has 2 atom stereocenters. The molecule has 110 valence electrons. The molecule has 0 spiro atoms. The molecule has 1 aliphatic heterocycles. The molecule has 0 saturated carbocycles. The number of likely N-dealkylation sites (tertiary alicyclic amines) is 1. The molecule has 2 N–H and O–H groups in total. The van der Waals surface area contributed by atoms with Crippen LogP contribution in [0.5, 0.6) is 0 Å². The van der Waals surface area contributed by atoms with Gasteiger partial charge in [-0.15, -0.1) is 0 Å². The van der Waals surface area contributed by atoms with Crippen molar-refractivity contribution < 1.29 is 9.18 Å². The summed E-state index contributed by atoms with van der Waals surface area (Å²) in [6, 6.07) is 4.11. The first kappa shape index (κ1) is 15.3. The molecule has 0 aromatic heterocycles. The lowest BCUT2D eigenvalue weighted by atomic mass is 9.86. The standard InChI is InChI=1S/C15H20ClFN2O/c1-15(2,3)19-13(20)7-6-12(18)14(19)9-4-5-11(17)10(16)8-9/h4-5,8,12,14H,6-7,18H2,1-3H3. The van der Waals surface area contributed by atoms with E-state index >= 15 is 0 Å². The summed E-state index contributed by atoms with van der Waals surface area (Å²) < 4.78 is 13.3. The molecule has 5 heteroatoms. The van der Waals surface area contributed by atoms with Crippen LogP contribution >= 0.6 is 11.6 Å². The summed E-state index contributed by atoms with van der Waals surface area (Å²) in [4.78, 5) is 14.1. The lowest BCUT2D eigenvalue weighted by molar-refractivity contribution is -0.144. The van der Waals surface area contributed by atoms with Gasteiger partial charge in [0.05, 0.1) is 11.1 Å². The van der Waals surface area contributed by atoms with Crippen molar-refractivity contribution in [2.75, 3.05) is 0 Å². The molecule has 2 rings (SSSR count). The second kappa shape index (κ2) is 5.34. The quantitative estimate of drug-likeness (QED) is 0.865. The van der Waals surface area contributed by atoms with Gasteiger partial charge in [-0.05, 0) is 44.9 Å². The number of nitrogens with two attached hydrogens (primary N) is 1. The number of halogens is 2. The van der Waals surface area contributed by atoms with Crippen LogP contribution in [-0.4, -0.2) is 22.4 Å². The van der Waals surface area contributed by atoms with Gasteiger partial charge < -0.3 is 10.6 Å². The molecule has 3 nitrogen and oxygen atoms in total. The number of hydrogen-bond donors (Lipinski definition) is 1. The molecule has 1 saturated heterocycles. The van der Waals surface area contributed by atoms with Crippen molar-refractivity contribution in [2.45, 2.75) is 51.2 Å². The molecule has 0 aliphatic carbocycles. The summed E-state index contributed by atoms with van der Waals surface area (Å²) in [6.45, 7) is 5.92. The minimum atomic E-state index is -0.464. The molecule has 20 heavy (non-hydrogen) atoms. The molecular formula is C15H20ClFN2O. The first-order valence-corrected chi connectivity index (χ1v) is 7.12. The van der Waals surface area contributed by atoms with Gasteiger partial charge in [0.25, 0.3) is 0 Å². The maximum atomic E-state index is 13.3. The zero-order chi connectivity index (χ0) is 15.1. The topological polar surface area (TPSA) is 46.3 Å². The van der Waals surface area contributed by atoms with E-state index in [0.717, 1.165) is 5.56 Å². The Balaban J connectivity index is 2.47. The summed E-state index contributed by atoms with van der Waals surface area (Å²) in [6.07, 6.45) is 1.08. The average molecular weight is 299 g/mol. The highest BCUT2D eigenvalue weighted by Crippen LogP contribution is 2.37. The zero-order valence-corrected chi connectivity index (χ0v) is 12.7. The fourth-order valence-corrected chi connectivity index (χ4v) is 2.99. The van der Waals surface area contributed by atoms with Crippen LogP contribution in [0.1, 0.15) is 45.2 Å². The number of piperidine rings is 1. The van der Waals surface area contributed by atoms with Gasteiger partial charge in [-0.1, -0.05) is 17.7 Å². The Morgan fingerprint density at radius 2 is 2.05 bits per heavy atom. The molecule has 0 bridgehead atoms. The average Bonchev–Trinajstić information content (AvgIpc) is 2.34. The number of nitrogens with zero attached hydrogens (tertiary/aromatic N) is 1. The molecule has 1 heterocycles. The minimum absolute atomic E-state index is 0.0570. The fourth-order valence-electron chi connectivity index (χ4n) is 2.80. The van der Waals surface area contributed by atoms with Crippen molar-refractivity contribution >= 4 is 17.5 Å². The molecule has 0 radical (unpaired) electrons. The maximum Gasteiger partial charge on any atom is 0.223 e. The third-order valence-corrected chi connectivity index (χ3v) is 3.94. The van der Waals surface area contributed by atoms with Crippen LogP contribution in [-0.2, 0) is 4.79 Å². The van der Waals surface area contributed by atoms with E-state index < -0.39 is 5.82 Å². The summed E-state index contributed by atoms with van der Waals surface area (Å²) >= 11 is 5.86. The Hall–Kier alpha value is -1.13. The molecule has 1 fully saturated rings. The van der Waals surface area contributed by atoms with Crippen molar-refractivity contribution in [3.63, 3.8) is 0 Å². The van der Waals surface area contributed by atoms with E-state index in [4.69, 9.17) is 17.3 Å². The van der Waals surface area contributed by atoms with Crippen LogP contribution in [0.25, 0.3) is 0 Å². The lowest BCUT2D eigenvalue weighted by Gasteiger charge is -2.47. The molecule has 1 amide bonds. The smallest absolute Gasteiger partial charge is 0.223 e. The number of hydrogen-bond acceptors (Lipinski definition) is 2. The highest BCUT2D eigenvalue weighted by atomic mass is 35.5. The third-order valence-electron chi connectivity index (χ3n) is 3.65. The monoisotopic (exact) mass is 298 g/mol. The van der Waals surface area contributed by atoms with Crippen LogP contribution < -0.4 is 5.73 Å². The summed E-state index contributed by atoms with van der Waals surface area (Å²) in [5.74, 6) is -0.391. The third kappa shape index (κ3) is 2.81. The molecule has 2 unspecified atom stereocenters. The van der Waals surface area contributed by atoms with E-state index in [1.807, 2.05) is 20.8 Å². The Labute approximate surface area is 123 Å². The predicted octanol–water partition coefficient (Wildman–Crippen LogP) is 3.27. The zero-order valence-electron chi connectivity index (χ0n) is 12.0. The number of amides is 1. The van der Waals surface area contributed by atoms with Crippen LogP contribution in [0.2, 0.25) is 5.02 Å². The van der Waals surface area contributed by atoms with E-state index in [0.29, 0.717) is 12.8 Å². The van der Waals surface area contributed by atoms with Gasteiger partial charge in [0.1, 0.15) is 5.82 Å². The van der Waals surface area contributed by atoms with Crippen LogP contribution in [0, 0.1) is 5.82 Å². The number of carbonyl (C=O) groups is 1.